The standard InChI is InChI=1S/C22H19NO5S/c1-29(26)23-14-19-13-20(24)22(25)21(28-19)15-27-18-11-9-17(10-12-18)8-7-16-5-3-2-4-6-16/h2-6,9-13,23,25H,14-15H2,1H3. The smallest absolute Gasteiger partial charge is 0.227 e. The molecular formula is C22H19NO5S. The molecule has 6 nitrogen and oxygen atoms in total. The summed E-state index contributed by atoms with van der Waals surface area (Å²) in [7, 11) is -1.25. The first-order valence-corrected chi connectivity index (χ1v) is 10.3. The molecule has 7 heteroatoms. The summed E-state index contributed by atoms with van der Waals surface area (Å²) >= 11 is 0. The maximum Gasteiger partial charge on any atom is 0.227 e. The van der Waals surface area contributed by atoms with E-state index in [0.717, 1.165) is 17.2 Å². The molecule has 29 heavy (non-hydrogen) atoms. The van der Waals surface area contributed by atoms with Crippen LogP contribution < -0.4 is 14.9 Å². The first-order valence-electron chi connectivity index (χ1n) is 8.73. The van der Waals surface area contributed by atoms with E-state index in [2.05, 4.69) is 16.6 Å². The van der Waals surface area contributed by atoms with Crippen LogP contribution in [0.5, 0.6) is 11.5 Å². The highest BCUT2D eigenvalue weighted by Gasteiger charge is 2.12. The van der Waals surface area contributed by atoms with Gasteiger partial charge in [0.05, 0.1) is 17.5 Å². The SMILES string of the molecule is CS(=O)NCc1cc(=O)c(O)c(COc2ccc(C#Cc3ccccc3)cc2)o1. The van der Waals surface area contributed by atoms with Gasteiger partial charge in [-0.1, -0.05) is 30.0 Å². The van der Waals surface area contributed by atoms with Crippen LogP contribution in [0.15, 0.2) is 69.9 Å². The molecule has 1 aromatic heterocycles. The van der Waals surface area contributed by atoms with Crippen molar-refractivity contribution < 1.29 is 18.5 Å². The van der Waals surface area contributed by atoms with Gasteiger partial charge in [-0.25, -0.2) is 8.93 Å². The van der Waals surface area contributed by atoms with E-state index in [-0.39, 0.29) is 24.7 Å². The largest absolute Gasteiger partial charge is 0.502 e. The van der Waals surface area contributed by atoms with Crippen molar-refractivity contribution in [2.24, 2.45) is 0 Å². The van der Waals surface area contributed by atoms with E-state index >= 15 is 0 Å². The van der Waals surface area contributed by atoms with Crippen molar-refractivity contribution in [3.63, 3.8) is 0 Å². The molecule has 3 aromatic rings. The molecule has 0 aliphatic heterocycles. The van der Waals surface area contributed by atoms with Gasteiger partial charge < -0.3 is 14.3 Å². The van der Waals surface area contributed by atoms with Crippen LogP contribution in [0.3, 0.4) is 0 Å². The minimum absolute atomic E-state index is 0.00383. The average Bonchev–Trinajstić information content (AvgIpc) is 2.73. The number of ether oxygens (including phenoxy) is 1. The van der Waals surface area contributed by atoms with Gasteiger partial charge in [-0.05, 0) is 36.4 Å². The van der Waals surface area contributed by atoms with Crippen molar-refractivity contribution in [3.05, 3.63) is 93.5 Å². The summed E-state index contributed by atoms with van der Waals surface area (Å²) in [5.74, 6) is 6.44. The Morgan fingerprint density at radius 1 is 1.07 bits per heavy atom. The predicted octanol–water partition coefficient (Wildman–Crippen LogP) is 2.71. The minimum atomic E-state index is -1.25. The number of rotatable bonds is 6. The van der Waals surface area contributed by atoms with Gasteiger partial charge in [0.1, 0.15) is 18.1 Å². The van der Waals surface area contributed by atoms with Gasteiger partial charge in [0.2, 0.25) is 11.2 Å². The van der Waals surface area contributed by atoms with Crippen LogP contribution in [0.25, 0.3) is 0 Å². The van der Waals surface area contributed by atoms with E-state index < -0.39 is 22.2 Å². The fourth-order valence-corrected chi connectivity index (χ4v) is 2.74. The molecule has 1 heterocycles. The lowest BCUT2D eigenvalue weighted by Crippen LogP contribution is -2.17. The van der Waals surface area contributed by atoms with Gasteiger partial charge in [-0.2, -0.15) is 0 Å². The molecule has 148 valence electrons. The Hall–Kier alpha value is -3.34. The van der Waals surface area contributed by atoms with E-state index in [4.69, 9.17) is 9.15 Å². The number of aromatic hydroxyl groups is 1. The van der Waals surface area contributed by atoms with E-state index in [1.165, 1.54) is 6.26 Å². The molecule has 0 spiro atoms. The topological polar surface area (TPSA) is 88.8 Å². The Labute approximate surface area is 170 Å². The molecule has 1 unspecified atom stereocenters. The maximum atomic E-state index is 11.9. The van der Waals surface area contributed by atoms with Gasteiger partial charge in [0.15, 0.2) is 5.76 Å². The fourth-order valence-electron chi connectivity index (χ4n) is 2.39. The monoisotopic (exact) mass is 409 g/mol. The molecule has 0 saturated heterocycles. The molecule has 0 radical (unpaired) electrons. The van der Waals surface area contributed by atoms with Crippen molar-refractivity contribution in [1.82, 2.24) is 4.72 Å². The summed E-state index contributed by atoms with van der Waals surface area (Å²) in [6.07, 6.45) is 1.47. The van der Waals surface area contributed by atoms with E-state index in [1.807, 2.05) is 42.5 Å². The third-order valence-corrected chi connectivity index (χ3v) is 4.39. The summed E-state index contributed by atoms with van der Waals surface area (Å²) in [6.45, 7) is -0.0282. The molecular weight excluding hydrogens is 390 g/mol. The Kier molecular flexibility index (Phi) is 6.85. The van der Waals surface area contributed by atoms with E-state index in [0.29, 0.717) is 5.75 Å². The highest BCUT2D eigenvalue weighted by Crippen LogP contribution is 2.18. The molecule has 2 N–H and O–H groups in total. The molecule has 0 fully saturated rings. The molecule has 0 saturated carbocycles. The Bertz CT molecular complexity index is 1110. The van der Waals surface area contributed by atoms with E-state index in [1.54, 1.807) is 12.1 Å². The second kappa shape index (κ2) is 9.73. The number of hydrogen-bond donors (Lipinski definition) is 2. The first-order chi connectivity index (χ1) is 14.0. The lowest BCUT2D eigenvalue weighted by molar-refractivity contribution is 0.248. The van der Waals surface area contributed by atoms with Gasteiger partial charge in [0.25, 0.3) is 0 Å². The fraction of sp³-hybridized carbons (Fsp3) is 0.136. The second-order valence-electron chi connectivity index (χ2n) is 6.05. The van der Waals surface area contributed by atoms with E-state index in [9.17, 15) is 14.1 Å². The Balaban J connectivity index is 1.66. The van der Waals surface area contributed by atoms with Crippen LogP contribution in [0, 0.1) is 11.8 Å². The lowest BCUT2D eigenvalue weighted by atomic mass is 10.2. The van der Waals surface area contributed by atoms with Crippen molar-refractivity contribution in [2.45, 2.75) is 13.2 Å². The van der Waals surface area contributed by atoms with Crippen LogP contribution in [0.1, 0.15) is 22.6 Å². The number of benzene rings is 2. The minimum Gasteiger partial charge on any atom is -0.502 e. The molecule has 0 aliphatic carbocycles. The predicted molar refractivity (Wildman–Crippen MR) is 111 cm³/mol. The summed E-state index contributed by atoms with van der Waals surface area (Å²) in [4.78, 5) is 11.9. The van der Waals surface area contributed by atoms with Crippen molar-refractivity contribution in [3.8, 4) is 23.3 Å². The Morgan fingerprint density at radius 2 is 1.72 bits per heavy atom. The van der Waals surface area contributed by atoms with Gasteiger partial charge in [0, 0.05) is 23.4 Å². The number of nitrogens with one attached hydrogen (secondary N) is 1. The third kappa shape index (κ3) is 6.07. The normalized spacial score (nSPS) is 11.3. The van der Waals surface area contributed by atoms with Crippen molar-refractivity contribution in [1.29, 1.82) is 0 Å². The number of hydrogen-bond acceptors (Lipinski definition) is 5. The second-order valence-corrected chi connectivity index (χ2v) is 7.25. The molecule has 3 rings (SSSR count). The Morgan fingerprint density at radius 3 is 2.38 bits per heavy atom. The zero-order valence-electron chi connectivity index (χ0n) is 15.7. The molecule has 0 aliphatic rings. The van der Waals surface area contributed by atoms with Crippen molar-refractivity contribution in [2.75, 3.05) is 6.26 Å². The van der Waals surface area contributed by atoms with Crippen molar-refractivity contribution >= 4 is 11.0 Å². The zero-order valence-corrected chi connectivity index (χ0v) is 16.5. The van der Waals surface area contributed by atoms with Gasteiger partial charge >= 0.3 is 0 Å². The maximum absolute atomic E-state index is 11.9. The quantitative estimate of drug-likeness (QED) is 0.611. The van der Waals surface area contributed by atoms with Crippen LogP contribution in [0.2, 0.25) is 0 Å². The van der Waals surface area contributed by atoms with Crippen LogP contribution in [0.4, 0.5) is 0 Å². The average molecular weight is 409 g/mol. The van der Waals surface area contributed by atoms with Crippen LogP contribution >= 0.6 is 0 Å². The molecule has 1 atom stereocenters. The highest BCUT2D eigenvalue weighted by molar-refractivity contribution is 7.82. The lowest BCUT2D eigenvalue weighted by Gasteiger charge is -2.09. The zero-order chi connectivity index (χ0) is 20.6. The molecule has 0 amide bonds. The third-order valence-electron chi connectivity index (χ3n) is 3.84. The summed E-state index contributed by atoms with van der Waals surface area (Å²) in [6, 6.07) is 18.0. The van der Waals surface area contributed by atoms with Gasteiger partial charge in [-0.15, -0.1) is 0 Å². The summed E-state index contributed by atoms with van der Waals surface area (Å²) in [5.41, 5.74) is 1.18. The van der Waals surface area contributed by atoms with Crippen LogP contribution in [-0.4, -0.2) is 15.6 Å². The molecule has 0 bridgehead atoms. The van der Waals surface area contributed by atoms with Gasteiger partial charge in [-0.3, -0.25) is 4.79 Å². The first kappa shape index (κ1) is 20.4. The summed E-state index contributed by atoms with van der Waals surface area (Å²) < 4.78 is 24.8. The summed E-state index contributed by atoms with van der Waals surface area (Å²) in [5, 5.41) is 9.91. The highest BCUT2D eigenvalue weighted by atomic mass is 32.2. The van der Waals surface area contributed by atoms with Crippen LogP contribution in [-0.2, 0) is 24.1 Å². The molecule has 2 aromatic carbocycles.